The van der Waals surface area contributed by atoms with E-state index >= 15 is 0 Å². The maximum Gasteiger partial charge on any atom is 0.322 e. The average Bonchev–Trinajstić information content (AvgIpc) is 3.10. The van der Waals surface area contributed by atoms with E-state index < -0.39 is 42.5 Å². The fraction of sp³-hybridized carbons (Fsp3) is 0.688. The van der Waals surface area contributed by atoms with E-state index in [2.05, 4.69) is 15.6 Å². The summed E-state index contributed by atoms with van der Waals surface area (Å²) in [4.78, 5) is 53.0. The lowest BCUT2D eigenvalue weighted by molar-refractivity contribution is -0.141. The third kappa shape index (κ3) is 7.39. The standard InChI is InChI=1S/C16H29N7O5/c1-9(17)15(28)23-7-3-5-11(23)14(27)22-10(4-2-6-20-16(18)19)13(26)21-8-12(24)25/h9-11H,2-8,17H2,1H3,(H,21,26)(H,22,27)(H,24,25)(H4,18,19,20). The van der Waals surface area contributed by atoms with Gasteiger partial charge in [-0.15, -0.1) is 0 Å². The highest BCUT2D eigenvalue weighted by molar-refractivity contribution is 5.93. The zero-order chi connectivity index (χ0) is 21.3. The lowest BCUT2D eigenvalue weighted by Gasteiger charge is -2.27. The molecule has 0 aromatic heterocycles. The first kappa shape index (κ1) is 23.1. The van der Waals surface area contributed by atoms with Gasteiger partial charge >= 0.3 is 5.97 Å². The minimum absolute atomic E-state index is 0.0908. The molecule has 0 aromatic carbocycles. The molecule has 28 heavy (non-hydrogen) atoms. The fourth-order valence-electron chi connectivity index (χ4n) is 2.89. The molecule has 1 heterocycles. The normalized spacial score (nSPS) is 18.1. The van der Waals surface area contributed by atoms with E-state index in [1.807, 2.05) is 0 Å². The summed E-state index contributed by atoms with van der Waals surface area (Å²) in [7, 11) is 0. The van der Waals surface area contributed by atoms with Crippen molar-refractivity contribution in [2.24, 2.45) is 22.2 Å². The molecule has 12 heteroatoms. The van der Waals surface area contributed by atoms with Crippen molar-refractivity contribution in [1.82, 2.24) is 15.5 Å². The van der Waals surface area contributed by atoms with Gasteiger partial charge in [-0.05, 0) is 32.6 Å². The van der Waals surface area contributed by atoms with Crippen molar-refractivity contribution in [3.05, 3.63) is 0 Å². The summed E-state index contributed by atoms with van der Waals surface area (Å²) in [5.41, 5.74) is 16.1. The lowest BCUT2D eigenvalue weighted by Crippen LogP contribution is -2.55. The van der Waals surface area contributed by atoms with Crippen molar-refractivity contribution in [2.75, 3.05) is 19.6 Å². The molecule has 0 saturated carbocycles. The molecule has 3 amide bonds. The van der Waals surface area contributed by atoms with E-state index in [0.717, 1.165) is 0 Å². The Morgan fingerprint density at radius 2 is 1.96 bits per heavy atom. The summed E-state index contributed by atoms with van der Waals surface area (Å²) < 4.78 is 0. The molecule has 0 aromatic rings. The number of carboxylic acid groups (broad SMARTS) is 1. The van der Waals surface area contributed by atoms with Gasteiger partial charge < -0.3 is 37.8 Å². The molecule has 9 N–H and O–H groups in total. The molecule has 12 nitrogen and oxygen atoms in total. The van der Waals surface area contributed by atoms with Crippen LogP contribution in [0.1, 0.15) is 32.6 Å². The number of nitrogens with zero attached hydrogens (tertiary/aromatic N) is 2. The van der Waals surface area contributed by atoms with Crippen LogP contribution in [0.5, 0.6) is 0 Å². The monoisotopic (exact) mass is 399 g/mol. The van der Waals surface area contributed by atoms with Gasteiger partial charge in [0.05, 0.1) is 6.04 Å². The van der Waals surface area contributed by atoms with Crippen LogP contribution in [0.3, 0.4) is 0 Å². The zero-order valence-corrected chi connectivity index (χ0v) is 15.9. The molecule has 0 aliphatic carbocycles. The number of nitrogens with one attached hydrogen (secondary N) is 2. The number of guanidine groups is 1. The van der Waals surface area contributed by atoms with Crippen LogP contribution in [-0.4, -0.2) is 77.4 Å². The second kappa shape index (κ2) is 11.1. The average molecular weight is 399 g/mol. The number of carboxylic acids is 1. The molecule has 1 saturated heterocycles. The van der Waals surface area contributed by atoms with Crippen molar-refractivity contribution < 1.29 is 24.3 Å². The summed E-state index contributed by atoms with van der Waals surface area (Å²) in [6, 6.07) is -2.43. The van der Waals surface area contributed by atoms with Crippen LogP contribution < -0.4 is 27.8 Å². The van der Waals surface area contributed by atoms with Crippen molar-refractivity contribution >= 4 is 29.7 Å². The second-order valence-corrected chi connectivity index (χ2v) is 6.60. The third-order valence-electron chi connectivity index (χ3n) is 4.22. The summed E-state index contributed by atoms with van der Waals surface area (Å²) in [6.45, 7) is 1.64. The van der Waals surface area contributed by atoms with E-state index in [9.17, 15) is 19.2 Å². The summed E-state index contributed by atoms with van der Waals surface area (Å²) >= 11 is 0. The summed E-state index contributed by atoms with van der Waals surface area (Å²) in [5, 5.41) is 13.6. The maximum atomic E-state index is 12.7. The number of aliphatic carboxylic acids is 1. The molecule has 1 rings (SSSR count). The van der Waals surface area contributed by atoms with Crippen LogP contribution in [-0.2, 0) is 19.2 Å². The Balaban J connectivity index is 2.77. The zero-order valence-electron chi connectivity index (χ0n) is 15.9. The van der Waals surface area contributed by atoms with Crippen LogP contribution in [0.4, 0.5) is 0 Å². The first-order valence-electron chi connectivity index (χ1n) is 9.04. The van der Waals surface area contributed by atoms with Crippen LogP contribution in [0, 0.1) is 0 Å². The Kier molecular flexibility index (Phi) is 9.15. The van der Waals surface area contributed by atoms with E-state index in [-0.39, 0.29) is 24.8 Å². The highest BCUT2D eigenvalue weighted by Crippen LogP contribution is 2.18. The number of hydrogen-bond donors (Lipinski definition) is 6. The number of aliphatic imine (C=N–C) groups is 1. The van der Waals surface area contributed by atoms with E-state index in [4.69, 9.17) is 22.3 Å². The minimum Gasteiger partial charge on any atom is -0.480 e. The number of carbonyl (C=O) groups excluding carboxylic acids is 3. The van der Waals surface area contributed by atoms with Gasteiger partial charge in [-0.2, -0.15) is 0 Å². The molecule has 0 radical (unpaired) electrons. The SMILES string of the molecule is CC(N)C(=O)N1CCCC1C(=O)NC(CCCN=C(N)N)C(=O)NCC(=O)O. The first-order chi connectivity index (χ1) is 13.1. The van der Waals surface area contributed by atoms with Gasteiger partial charge in [-0.25, -0.2) is 0 Å². The van der Waals surface area contributed by atoms with Crippen LogP contribution in [0.2, 0.25) is 0 Å². The topological polar surface area (TPSA) is 206 Å². The van der Waals surface area contributed by atoms with E-state index in [0.29, 0.717) is 25.8 Å². The molecule has 1 aliphatic heterocycles. The van der Waals surface area contributed by atoms with Gasteiger partial charge in [0.25, 0.3) is 0 Å². The van der Waals surface area contributed by atoms with Crippen LogP contribution in [0.15, 0.2) is 4.99 Å². The highest BCUT2D eigenvalue weighted by atomic mass is 16.4. The largest absolute Gasteiger partial charge is 0.480 e. The van der Waals surface area contributed by atoms with Crippen LogP contribution in [0.25, 0.3) is 0 Å². The Bertz CT molecular complexity index is 619. The van der Waals surface area contributed by atoms with Crippen molar-refractivity contribution in [2.45, 2.75) is 50.7 Å². The highest BCUT2D eigenvalue weighted by Gasteiger charge is 2.36. The van der Waals surface area contributed by atoms with E-state index in [1.54, 1.807) is 6.92 Å². The lowest BCUT2D eigenvalue weighted by atomic mass is 10.1. The number of carbonyl (C=O) groups is 4. The van der Waals surface area contributed by atoms with E-state index in [1.165, 1.54) is 4.90 Å². The Morgan fingerprint density at radius 3 is 2.54 bits per heavy atom. The van der Waals surface area contributed by atoms with Gasteiger partial charge in [-0.3, -0.25) is 24.2 Å². The van der Waals surface area contributed by atoms with Gasteiger partial charge in [-0.1, -0.05) is 0 Å². The van der Waals surface area contributed by atoms with Gasteiger partial charge in [0.2, 0.25) is 17.7 Å². The molecule has 1 fully saturated rings. The summed E-state index contributed by atoms with van der Waals surface area (Å²) in [6.07, 6.45) is 1.69. The smallest absolute Gasteiger partial charge is 0.322 e. The minimum atomic E-state index is -1.21. The predicted octanol–water partition coefficient (Wildman–Crippen LogP) is -2.94. The number of nitrogens with two attached hydrogens (primary N) is 3. The third-order valence-corrected chi connectivity index (χ3v) is 4.22. The molecular formula is C16H29N7O5. The molecular weight excluding hydrogens is 370 g/mol. The number of amides is 3. The van der Waals surface area contributed by atoms with Crippen molar-refractivity contribution in [3.63, 3.8) is 0 Å². The van der Waals surface area contributed by atoms with Gasteiger partial charge in [0.15, 0.2) is 5.96 Å². The number of rotatable bonds is 10. The molecule has 0 spiro atoms. The molecule has 3 unspecified atom stereocenters. The molecule has 1 aliphatic rings. The molecule has 158 valence electrons. The number of likely N-dealkylation sites (tertiary alicyclic amines) is 1. The van der Waals surface area contributed by atoms with Crippen molar-refractivity contribution in [1.29, 1.82) is 0 Å². The molecule has 0 bridgehead atoms. The first-order valence-corrected chi connectivity index (χ1v) is 9.04. The maximum absolute atomic E-state index is 12.7. The Hall–Kier alpha value is -2.89. The molecule has 3 atom stereocenters. The Morgan fingerprint density at radius 1 is 1.29 bits per heavy atom. The number of hydrogen-bond acceptors (Lipinski definition) is 6. The summed E-state index contributed by atoms with van der Waals surface area (Å²) in [5.74, 6) is -2.75. The van der Waals surface area contributed by atoms with Crippen molar-refractivity contribution in [3.8, 4) is 0 Å². The Labute approximate surface area is 162 Å². The second-order valence-electron chi connectivity index (χ2n) is 6.60. The van der Waals surface area contributed by atoms with Crippen LogP contribution >= 0.6 is 0 Å². The van der Waals surface area contributed by atoms with Gasteiger partial charge in [0.1, 0.15) is 18.6 Å². The predicted molar refractivity (Wildman–Crippen MR) is 101 cm³/mol. The van der Waals surface area contributed by atoms with Gasteiger partial charge in [0, 0.05) is 13.1 Å². The fourth-order valence-corrected chi connectivity index (χ4v) is 2.89. The quantitative estimate of drug-likeness (QED) is 0.127.